The van der Waals surface area contributed by atoms with Crippen molar-refractivity contribution in [3.05, 3.63) is 0 Å². The van der Waals surface area contributed by atoms with Crippen molar-refractivity contribution in [2.45, 2.75) is 26.9 Å². The van der Waals surface area contributed by atoms with Crippen molar-refractivity contribution < 1.29 is 22.7 Å². The zero-order valence-corrected chi connectivity index (χ0v) is 8.81. The molecule has 15 heavy (non-hydrogen) atoms. The maximum absolute atomic E-state index is 11.6. The van der Waals surface area contributed by atoms with E-state index in [0.29, 0.717) is 0 Å². The number of carbonyl (C=O) groups is 1. The van der Waals surface area contributed by atoms with Crippen molar-refractivity contribution in [1.29, 1.82) is 0 Å². The van der Waals surface area contributed by atoms with Crippen LogP contribution >= 0.6 is 0 Å². The van der Waals surface area contributed by atoms with Crippen LogP contribution in [0.5, 0.6) is 0 Å². The second-order valence-corrected chi connectivity index (χ2v) is 3.44. The lowest BCUT2D eigenvalue weighted by Gasteiger charge is -2.12. The molecule has 0 spiro atoms. The van der Waals surface area contributed by atoms with E-state index >= 15 is 0 Å². The Bertz CT molecular complexity index is 271. The number of halogens is 3. The molecular weight excluding hydrogens is 209 g/mol. The number of hydrogen-bond donors (Lipinski definition) is 0. The lowest BCUT2D eigenvalue weighted by Crippen LogP contribution is -2.19. The van der Waals surface area contributed by atoms with Crippen LogP contribution in [0.2, 0.25) is 0 Å². The standard InChI is InChI=1S/C10H13F3O2/c1-7(2)8(3)9(14)15-6-4-5-10(11,12)13/h7-8H,6H2,1-3H3. The molecule has 0 bridgehead atoms. The molecule has 1 atom stereocenters. The number of rotatable bonds is 3. The molecule has 0 amide bonds. The fourth-order valence-electron chi connectivity index (χ4n) is 0.647. The predicted octanol–water partition coefficient (Wildman–Crippen LogP) is 2.39. The number of esters is 1. The van der Waals surface area contributed by atoms with Crippen LogP contribution in [0.1, 0.15) is 20.8 Å². The predicted molar refractivity (Wildman–Crippen MR) is 48.8 cm³/mol. The zero-order chi connectivity index (χ0) is 12.1. The molecule has 0 aromatic rings. The van der Waals surface area contributed by atoms with Gasteiger partial charge in [-0.15, -0.1) is 0 Å². The lowest BCUT2D eigenvalue weighted by molar-refractivity contribution is -0.147. The van der Waals surface area contributed by atoms with Crippen molar-refractivity contribution in [1.82, 2.24) is 0 Å². The van der Waals surface area contributed by atoms with Crippen molar-refractivity contribution in [3.63, 3.8) is 0 Å². The summed E-state index contributed by atoms with van der Waals surface area (Å²) in [5.41, 5.74) is 0. The smallest absolute Gasteiger partial charge is 0.452 e. The average Bonchev–Trinajstić information content (AvgIpc) is 2.09. The van der Waals surface area contributed by atoms with Crippen LogP contribution in [0, 0.1) is 23.7 Å². The Morgan fingerprint density at radius 2 is 1.87 bits per heavy atom. The van der Waals surface area contributed by atoms with Gasteiger partial charge in [-0.05, 0) is 5.92 Å². The summed E-state index contributed by atoms with van der Waals surface area (Å²) in [4.78, 5) is 11.1. The van der Waals surface area contributed by atoms with Crippen LogP contribution in [-0.4, -0.2) is 18.8 Å². The van der Waals surface area contributed by atoms with Gasteiger partial charge >= 0.3 is 12.1 Å². The van der Waals surface area contributed by atoms with E-state index in [1.807, 2.05) is 13.8 Å². The van der Waals surface area contributed by atoms with E-state index in [2.05, 4.69) is 4.74 Å². The highest BCUT2D eigenvalue weighted by molar-refractivity contribution is 5.72. The maximum atomic E-state index is 11.6. The molecule has 0 aromatic carbocycles. The highest BCUT2D eigenvalue weighted by atomic mass is 19.4. The Labute approximate surface area is 86.8 Å². The van der Waals surface area contributed by atoms with Gasteiger partial charge in [-0.3, -0.25) is 4.79 Å². The molecule has 1 unspecified atom stereocenters. The fraction of sp³-hybridized carbons (Fsp3) is 0.700. The zero-order valence-electron chi connectivity index (χ0n) is 8.81. The van der Waals surface area contributed by atoms with Crippen LogP contribution < -0.4 is 0 Å². The van der Waals surface area contributed by atoms with Crippen LogP contribution in [0.15, 0.2) is 0 Å². The topological polar surface area (TPSA) is 26.3 Å². The van der Waals surface area contributed by atoms with Crippen molar-refractivity contribution >= 4 is 5.97 Å². The van der Waals surface area contributed by atoms with Crippen molar-refractivity contribution in [2.75, 3.05) is 6.61 Å². The number of alkyl halides is 3. The SMILES string of the molecule is CC(C)C(C)C(=O)OCC#CC(F)(F)F. The largest absolute Gasteiger partial charge is 0.457 e. The summed E-state index contributed by atoms with van der Waals surface area (Å²) < 4.78 is 39.2. The molecule has 0 aromatic heterocycles. The first-order chi connectivity index (χ1) is 6.74. The summed E-state index contributed by atoms with van der Waals surface area (Å²) in [6.07, 6.45) is -4.53. The summed E-state index contributed by atoms with van der Waals surface area (Å²) in [7, 11) is 0. The third-order valence-corrected chi connectivity index (χ3v) is 1.89. The summed E-state index contributed by atoms with van der Waals surface area (Å²) in [6.45, 7) is 4.79. The first-order valence-corrected chi connectivity index (χ1v) is 4.47. The summed E-state index contributed by atoms with van der Waals surface area (Å²) in [6, 6.07) is 0. The molecule has 0 saturated carbocycles. The Hall–Kier alpha value is -1.18. The first kappa shape index (κ1) is 13.8. The Morgan fingerprint density at radius 3 is 2.27 bits per heavy atom. The van der Waals surface area contributed by atoms with Gasteiger partial charge in [0.25, 0.3) is 0 Å². The van der Waals surface area contributed by atoms with Crippen LogP contribution in [0.3, 0.4) is 0 Å². The maximum Gasteiger partial charge on any atom is 0.457 e. The van der Waals surface area contributed by atoms with E-state index in [-0.39, 0.29) is 11.8 Å². The Kier molecular flexibility index (Phi) is 5.20. The third-order valence-electron chi connectivity index (χ3n) is 1.89. The fourth-order valence-corrected chi connectivity index (χ4v) is 0.647. The van der Waals surface area contributed by atoms with Gasteiger partial charge in [0, 0.05) is 5.92 Å². The molecule has 0 aliphatic heterocycles. The molecule has 0 N–H and O–H groups in total. The van der Waals surface area contributed by atoms with Gasteiger partial charge in [0.1, 0.15) is 0 Å². The minimum Gasteiger partial charge on any atom is -0.452 e. The van der Waals surface area contributed by atoms with Crippen molar-refractivity contribution in [3.8, 4) is 11.8 Å². The summed E-state index contributed by atoms with van der Waals surface area (Å²) >= 11 is 0. The molecule has 86 valence electrons. The number of hydrogen-bond acceptors (Lipinski definition) is 2. The lowest BCUT2D eigenvalue weighted by atomic mass is 9.99. The van der Waals surface area contributed by atoms with E-state index in [9.17, 15) is 18.0 Å². The van der Waals surface area contributed by atoms with E-state index in [1.54, 1.807) is 12.8 Å². The first-order valence-electron chi connectivity index (χ1n) is 4.47. The van der Waals surface area contributed by atoms with Gasteiger partial charge in [0.05, 0.1) is 5.92 Å². The second kappa shape index (κ2) is 5.64. The molecule has 2 nitrogen and oxygen atoms in total. The Balaban J connectivity index is 3.96. The van der Waals surface area contributed by atoms with E-state index < -0.39 is 18.8 Å². The third kappa shape index (κ3) is 6.83. The molecule has 0 heterocycles. The molecule has 0 fully saturated rings. The quantitative estimate of drug-likeness (QED) is 0.541. The van der Waals surface area contributed by atoms with Gasteiger partial charge in [-0.25, -0.2) is 0 Å². The molecular formula is C10H13F3O2. The highest BCUT2D eigenvalue weighted by Crippen LogP contribution is 2.12. The number of carbonyl (C=O) groups excluding carboxylic acids is 1. The average molecular weight is 222 g/mol. The highest BCUT2D eigenvalue weighted by Gasteiger charge is 2.23. The van der Waals surface area contributed by atoms with Crippen LogP contribution in [0.4, 0.5) is 13.2 Å². The molecule has 0 radical (unpaired) electrons. The summed E-state index contributed by atoms with van der Waals surface area (Å²) in [5, 5.41) is 0. The van der Waals surface area contributed by atoms with Crippen molar-refractivity contribution in [2.24, 2.45) is 11.8 Å². The molecule has 0 aliphatic carbocycles. The second-order valence-electron chi connectivity index (χ2n) is 3.44. The van der Waals surface area contributed by atoms with Gasteiger partial charge in [0.2, 0.25) is 0 Å². The number of ether oxygens (including phenoxy) is 1. The van der Waals surface area contributed by atoms with E-state index in [0.717, 1.165) is 5.92 Å². The molecule has 0 aliphatic rings. The van der Waals surface area contributed by atoms with Gasteiger partial charge < -0.3 is 4.74 Å². The minimum atomic E-state index is -4.53. The van der Waals surface area contributed by atoms with Crippen LogP contribution in [0.25, 0.3) is 0 Å². The van der Waals surface area contributed by atoms with E-state index in [4.69, 9.17) is 0 Å². The Morgan fingerprint density at radius 1 is 1.33 bits per heavy atom. The van der Waals surface area contributed by atoms with Gasteiger partial charge in [-0.1, -0.05) is 26.7 Å². The molecule has 0 rings (SSSR count). The minimum absolute atomic E-state index is 0.0908. The normalized spacial score (nSPS) is 13.0. The monoisotopic (exact) mass is 222 g/mol. The van der Waals surface area contributed by atoms with Crippen LogP contribution in [-0.2, 0) is 9.53 Å². The molecule has 5 heteroatoms. The molecule has 0 saturated heterocycles. The van der Waals surface area contributed by atoms with Gasteiger partial charge in [0.15, 0.2) is 6.61 Å². The van der Waals surface area contributed by atoms with E-state index in [1.165, 1.54) is 0 Å². The summed E-state index contributed by atoms with van der Waals surface area (Å²) in [5.74, 6) is 1.98. The van der Waals surface area contributed by atoms with Gasteiger partial charge in [-0.2, -0.15) is 13.2 Å².